The summed E-state index contributed by atoms with van der Waals surface area (Å²) in [6.07, 6.45) is 0.742. The monoisotopic (exact) mass is 320 g/mol. The molecule has 1 amide bonds. The van der Waals surface area contributed by atoms with Crippen LogP contribution in [0.5, 0.6) is 5.75 Å². The van der Waals surface area contributed by atoms with Crippen molar-refractivity contribution in [2.45, 2.75) is 39.7 Å². The highest BCUT2D eigenvalue weighted by molar-refractivity contribution is 6.34. The average molecular weight is 321 g/mol. The van der Waals surface area contributed by atoms with Gasteiger partial charge < -0.3 is 9.94 Å². The summed E-state index contributed by atoms with van der Waals surface area (Å²) < 4.78 is 0. The predicted octanol–water partition coefficient (Wildman–Crippen LogP) is 4.49. The molecule has 0 aliphatic carbocycles. The van der Waals surface area contributed by atoms with Gasteiger partial charge in [0.05, 0.1) is 16.8 Å². The lowest BCUT2D eigenvalue weighted by Crippen LogP contribution is -2.50. The second-order valence-corrected chi connectivity index (χ2v) is 6.31. The lowest BCUT2D eigenvalue weighted by atomic mass is 9.92. The van der Waals surface area contributed by atoms with Gasteiger partial charge in [0, 0.05) is 0 Å². The van der Waals surface area contributed by atoms with Gasteiger partial charge in [0.2, 0.25) is 0 Å². The van der Waals surface area contributed by atoms with Crippen LogP contribution >= 0.6 is 23.2 Å². The number of hydrogen-bond acceptors (Lipinski definition) is 3. The molecule has 0 aliphatic heterocycles. The van der Waals surface area contributed by atoms with E-state index in [1.807, 2.05) is 13.8 Å². The summed E-state index contributed by atoms with van der Waals surface area (Å²) in [4.78, 5) is 20.7. The van der Waals surface area contributed by atoms with Crippen LogP contribution in [0.1, 0.15) is 34.1 Å². The summed E-state index contributed by atoms with van der Waals surface area (Å²) in [5.74, 6) is 0.463. The van der Waals surface area contributed by atoms with Gasteiger partial charge >= 0.3 is 6.09 Å². The molecule has 20 heavy (non-hydrogen) atoms. The highest BCUT2D eigenvalue weighted by Gasteiger charge is 2.34. The third kappa shape index (κ3) is 4.42. The van der Waals surface area contributed by atoms with E-state index in [9.17, 15) is 9.90 Å². The molecular formula is C13H18Cl2N2O3. The molecule has 0 fully saturated rings. The quantitative estimate of drug-likeness (QED) is 0.641. The Morgan fingerprint density at radius 1 is 1.50 bits per heavy atom. The largest absolute Gasteiger partial charge is 0.463 e. The van der Waals surface area contributed by atoms with E-state index in [-0.39, 0.29) is 15.9 Å². The lowest BCUT2D eigenvalue weighted by molar-refractivity contribution is -0.109. The summed E-state index contributed by atoms with van der Waals surface area (Å²) in [5, 5.41) is 10.7. The molecule has 0 aliphatic rings. The summed E-state index contributed by atoms with van der Waals surface area (Å²) in [6, 6.07) is 1.40. The molecule has 0 spiro atoms. The number of amides is 1. The molecule has 7 heteroatoms. The molecule has 0 atom stereocenters. The number of hydroxylamine groups is 2. The van der Waals surface area contributed by atoms with Crippen LogP contribution < -0.4 is 4.84 Å². The van der Waals surface area contributed by atoms with Gasteiger partial charge in [-0.1, -0.05) is 37.0 Å². The number of carboxylic acid groups (broad SMARTS) is 1. The van der Waals surface area contributed by atoms with Gasteiger partial charge in [-0.25, -0.2) is 9.78 Å². The Hall–Kier alpha value is -1.20. The summed E-state index contributed by atoms with van der Waals surface area (Å²) >= 11 is 11.7. The van der Waals surface area contributed by atoms with Crippen LogP contribution in [0.25, 0.3) is 0 Å². The summed E-state index contributed by atoms with van der Waals surface area (Å²) in [6.45, 7) is 7.61. The van der Waals surface area contributed by atoms with E-state index in [2.05, 4.69) is 4.98 Å². The summed E-state index contributed by atoms with van der Waals surface area (Å²) in [5.41, 5.74) is -0.705. The molecule has 5 nitrogen and oxygen atoms in total. The van der Waals surface area contributed by atoms with Gasteiger partial charge in [0.25, 0.3) is 0 Å². The topological polar surface area (TPSA) is 62.7 Å². The Balaban J connectivity index is 3.01. The van der Waals surface area contributed by atoms with E-state index < -0.39 is 11.6 Å². The summed E-state index contributed by atoms with van der Waals surface area (Å²) in [7, 11) is 0. The molecular weight excluding hydrogens is 303 g/mol. The maximum absolute atomic E-state index is 11.4. The van der Waals surface area contributed by atoms with Crippen molar-refractivity contribution < 1.29 is 14.7 Å². The maximum atomic E-state index is 11.4. The molecule has 0 saturated carbocycles. The fourth-order valence-electron chi connectivity index (χ4n) is 2.06. The van der Waals surface area contributed by atoms with Crippen molar-refractivity contribution in [3.8, 4) is 5.75 Å². The third-order valence-corrected chi connectivity index (χ3v) is 3.11. The van der Waals surface area contributed by atoms with Crippen molar-refractivity contribution in [2.24, 2.45) is 5.92 Å². The first-order valence-corrected chi connectivity index (χ1v) is 6.91. The number of pyridine rings is 1. The molecule has 0 aromatic carbocycles. The third-order valence-electron chi connectivity index (χ3n) is 2.61. The molecule has 112 valence electrons. The highest BCUT2D eigenvalue weighted by Crippen LogP contribution is 2.30. The van der Waals surface area contributed by atoms with E-state index in [0.717, 1.165) is 5.06 Å². The van der Waals surface area contributed by atoms with Crippen LogP contribution in [-0.2, 0) is 0 Å². The van der Waals surface area contributed by atoms with Crippen LogP contribution in [0.2, 0.25) is 10.2 Å². The van der Waals surface area contributed by atoms with E-state index in [1.54, 1.807) is 13.8 Å². The molecule has 0 unspecified atom stereocenters. The maximum Gasteiger partial charge on any atom is 0.441 e. The van der Waals surface area contributed by atoms with E-state index in [4.69, 9.17) is 28.0 Å². The molecule has 1 heterocycles. The van der Waals surface area contributed by atoms with Crippen LogP contribution in [0, 0.1) is 5.92 Å². The van der Waals surface area contributed by atoms with E-state index >= 15 is 0 Å². The van der Waals surface area contributed by atoms with Crippen molar-refractivity contribution in [2.75, 3.05) is 0 Å². The number of hydrogen-bond donors (Lipinski definition) is 1. The Morgan fingerprint density at radius 3 is 2.55 bits per heavy atom. The van der Waals surface area contributed by atoms with E-state index in [1.165, 1.54) is 12.3 Å². The smallest absolute Gasteiger partial charge is 0.441 e. The van der Waals surface area contributed by atoms with Crippen molar-refractivity contribution in [1.29, 1.82) is 0 Å². The lowest BCUT2D eigenvalue weighted by Gasteiger charge is -2.36. The zero-order chi connectivity index (χ0) is 15.5. The SMILES string of the molecule is CC(C)CC(C)(C)N(Oc1cnc(Cl)cc1Cl)C(=O)O. The molecule has 0 saturated heterocycles. The number of aromatic nitrogens is 1. The van der Waals surface area contributed by atoms with Crippen molar-refractivity contribution >= 4 is 29.3 Å². The van der Waals surface area contributed by atoms with Gasteiger partial charge in [0.15, 0.2) is 5.75 Å². The minimum absolute atomic E-state index is 0.148. The molecule has 0 bridgehead atoms. The second kappa shape index (κ2) is 6.50. The second-order valence-electron chi connectivity index (χ2n) is 5.52. The predicted molar refractivity (Wildman–Crippen MR) is 78.3 cm³/mol. The average Bonchev–Trinajstić information content (AvgIpc) is 2.24. The standard InChI is InChI=1S/C13H18Cl2N2O3/c1-8(2)6-13(3,4)17(12(18)19)20-10-7-16-11(15)5-9(10)14/h5,7-8H,6H2,1-4H3,(H,18,19). The van der Waals surface area contributed by atoms with Crippen LogP contribution in [0.3, 0.4) is 0 Å². The molecule has 1 N–H and O–H groups in total. The molecule has 1 aromatic heterocycles. The minimum atomic E-state index is -1.19. The van der Waals surface area contributed by atoms with E-state index in [0.29, 0.717) is 12.3 Å². The number of carbonyl (C=O) groups is 1. The number of halogens is 2. The Labute approximate surface area is 128 Å². The molecule has 1 aromatic rings. The highest BCUT2D eigenvalue weighted by atomic mass is 35.5. The fraction of sp³-hybridized carbons (Fsp3) is 0.538. The fourth-order valence-corrected chi connectivity index (χ4v) is 2.46. The van der Waals surface area contributed by atoms with Gasteiger partial charge in [0.1, 0.15) is 5.15 Å². The first kappa shape index (κ1) is 16.9. The van der Waals surface area contributed by atoms with Crippen LogP contribution in [-0.4, -0.2) is 26.8 Å². The molecule has 0 radical (unpaired) electrons. The van der Waals surface area contributed by atoms with Crippen LogP contribution in [0.4, 0.5) is 4.79 Å². The van der Waals surface area contributed by atoms with Gasteiger partial charge in [-0.15, -0.1) is 5.06 Å². The van der Waals surface area contributed by atoms with Gasteiger partial charge in [-0.05, 0) is 32.3 Å². The van der Waals surface area contributed by atoms with Crippen molar-refractivity contribution in [3.63, 3.8) is 0 Å². The first-order valence-electron chi connectivity index (χ1n) is 6.15. The number of rotatable bonds is 5. The van der Waals surface area contributed by atoms with Gasteiger partial charge in [-0.3, -0.25) is 0 Å². The minimum Gasteiger partial charge on any atom is -0.463 e. The Morgan fingerprint density at radius 2 is 2.10 bits per heavy atom. The Bertz CT molecular complexity index is 493. The van der Waals surface area contributed by atoms with Crippen LogP contribution in [0.15, 0.2) is 12.3 Å². The first-order chi connectivity index (χ1) is 9.13. The zero-order valence-corrected chi connectivity index (χ0v) is 13.4. The number of nitrogens with zero attached hydrogens (tertiary/aromatic N) is 2. The Kier molecular flexibility index (Phi) is 5.48. The van der Waals surface area contributed by atoms with Crippen molar-refractivity contribution in [1.82, 2.24) is 10.0 Å². The zero-order valence-electron chi connectivity index (χ0n) is 11.9. The normalized spacial score (nSPS) is 11.6. The van der Waals surface area contributed by atoms with Gasteiger partial charge in [-0.2, -0.15) is 0 Å². The molecule has 1 rings (SSSR count). The van der Waals surface area contributed by atoms with Crippen molar-refractivity contribution in [3.05, 3.63) is 22.4 Å².